The first-order valence-electron chi connectivity index (χ1n) is 8.23. The first-order valence-corrected chi connectivity index (χ1v) is 8.23. The molecule has 2 aromatic rings. The number of hydrogen-bond acceptors (Lipinski definition) is 5. The van der Waals surface area contributed by atoms with Crippen LogP contribution >= 0.6 is 0 Å². The van der Waals surface area contributed by atoms with E-state index < -0.39 is 5.56 Å². The van der Waals surface area contributed by atoms with Crippen LogP contribution < -0.4 is 16.2 Å². The molecule has 1 aromatic heterocycles. The second-order valence-corrected chi connectivity index (χ2v) is 6.45. The highest BCUT2D eigenvalue weighted by Crippen LogP contribution is 2.35. The lowest BCUT2D eigenvalue weighted by atomic mass is 9.92. The third kappa shape index (κ3) is 2.72. The van der Waals surface area contributed by atoms with E-state index in [0.29, 0.717) is 17.2 Å². The highest BCUT2D eigenvalue weighted by molar-refractivity contribution is 5.81. The summed E-state index contributed by atoms with van der Waals surface area (Å²) in [5.74, 6) is -0.0111. The van der Waals surface area contributed by atoms with E-state index in [9.17, 15) is 15.3 Å². The van der Waals surface area contributed by atoms with Gasteiger partial charge in [-0.2, -0.15) is 10.5 Å². The van der Waals surface area contributed by atoms with Crippen molar-refractivity contribution in [3.63, 3.8) is 0 Å². The van der Waals surface area contributed by atoms with Crippen LogP contribution in [0.1, 0.15) is 37.0 Å². The number of nitrogens with two attached hydrogens (primary N) is 1. The first kappa shape index (κ1) is 16.6. The van der Waals surface area contributed by atoms with Crippen LogP contribution in [0.4, 0.5) is 11.5 Å². The molecule has 3 rings (SSSR count). The Morgan fingerprint density at radius 2 is 1.96 bits per heavy atom. The monoisotopic (exact) mass is 333 g/mol. The molecule has 25 heavy (non-hydrogen) atoms. The van der Waals surface area contributed by atoms with Crippen molar-refractivity contribution in [2.75, 3.05) is 17.2 Å². The Morgan fingerprint density at radius 3 is 2.60 bits per heavy atom. The summed E-state index contributed by atoms with van der Waals surface area (Å²) in [6, 6.07) is 10.2. The van der Waals surface area contributed by atoms with Gasteiger partial charge in [0.15, 0.2) is 0 Å². The van der Waals surface area contributed by atoms with E-state index in [1.54, 1.807) is 0 Å². The van der Waals surface area contributed by atoms with E-state index in [4.69, 9.17) is 5.73 Å². The molecule has 0 amide bonds. The smallest absolute Gasteiger partial charge is 0.268 e. The summed E-state index contributed by atoms with van der Waals surface area (Å²) in [5.41, 5.74) is 8.59. The Bertz CT molecular complexity index is 975. The zero-order valence-corrected chi connectivity index (χ0v) is 14.3. The highest BCUT2D eigenvalue weighted by Gasteiger charge is 2.22. The molecule has 0 radical (unpaired) electrons. The standard InChI is InChI=1S/C19H19N5O/c1-11(2)24-7-3-4-12-8-13(5-6-16(12)24)17-14(9-20)18(22)23-19(25)15(17)10-21/h5-6,8,11H,3-4,7H2,1-2H3,(H3,22,23,25). The van der Waals surface area contributed by atoms with Crippen molar-refractivity contribution < 1.29 is 0 Å². The number of pyridine rings is 1. The maximum Gasteiger partial charge on any atom is 0.268 e. The van der Waals surface area contributed by atoms with Gasteiger partial charge in [0.25, 0.3) is 5.56 Å². The number of aromatic amines is 1. The Kier molecular flexibility index (Phi) is 4.21. The minimum absolute atomic E-state index is 0.0111. The van der Waals surface area contributed by atoms with Gasteiger partial charge in [0.2, 0.25) is 0 Å². The predicted molar refractivity (Wildman–Crippen MR) is 97.1 cm³/mol. The van der Waals surface area contributed by atoms with E-state index >= 15 is 0 Å². The van der Waals surface area contributed by atoms with Crippen molar-refractivity contribution in [1.82, 2.24) is 4.98 Å². The molecule has 0 spiro atoms. The number of nitriles is 2. The van der Waals surface area contributed by atoms with Crippen LogP contribution in [0.25, 0.3) is 11.1 Å². The zero-order chi connectivity index (χ0) is 18.1. The van der Waals surface area contributed by atoms with Crippen LogP contribution in [-0.2, 0) is 6.42 Å². The lowest BCUT2D eigenvalue weighted by Crippen LogP contribution is -2.35. The zero-order valence-electron chi connectivity index (χ0n) is 14.3. The summed E-state index contributed by atoms with van der Waals surface area (Å²) in [6.07, 6.45) is 1.97. The molecule has 0 atom stereocenters. The van der Waals surface area contributed by atoms with Crippen LogP contribution in [0, 0.1) is 22.7 Å². The number of nitrogens with one attached hydrogen (secondary N) is 1. The van der Waals surface area contributed by atoms with E-state index in [0.717, 1.165) is 24.9 Å². The molecule has 3 N–H and O–H groups in total. The van der Waals surface area contributed by atoms with Crippen molar-refractivity contribution in [2.24, 2.45) is 0 Å². The topological polar surface area (TPSA) is 110 Å². The van der Waals surface area contributed by atoms with Crippen LogP contribution in [0.15, 0.2) is 23.0 Å². The van der Waals surface area contributed by atoms with E-state index in [1.165, 1.54) is 5.69 Å². The summed E-state index contributed by atoms with van der Waals surface area (Å²) in [6.45, 7) is 5.32. The molecule has 0 saturated heterocycles. The van der Waals surface area contributed by atoms with Gasteiger partial charge in [0.05, 0.1) is 0 Å². The number of nitrogens with zero attached hydrogens (tertiary/aromatic N) is 3. The Hall–Kier alpha value is -3.25. The lowest BCUT2D eigenvalue weighted by Gasteiger charge is -2.35. The second kappa shape index (κ2) is 6.33. The van der Waals surface area contributed by atoms with E-state index in [2.05, 4.69) is 23.7 Å². The fourth-order valence-electron chi connectivity index (χ4n) is 3.45. The quantitative estimate of drug-likeness (QED) is 0.877. The number of rotatable bonds is 2. The number of fused-ring (bicyclic) bond motifs is 1. The number of anilines is 2. The summed E-state index contributed by atoms with van der Waals surface area (Å²) in [4.78, 5) is 16.8. The molecular weight excluding hydrogens is 314 g/mol. The van der Waals surface area contributed by atoms with Gasteiger partial charge in [-0.05, 0) is 49.9 Å². The number of hydrogen-bond donors (Lipinski definition) is 2. The van der Waals surface area contributed by atoms with Crippen LogP contribution in [0.5, 0.6) is 0 Å². The van der Waals surface area contributed by atoms with Gasteiger partial charge in [0.1, 0.15) is 29.1 Å². The molecule has 0 aliphatic carbocycles. The normalized spacial score (nSPS) is 13.2. The summed E-state index contributed by atoms with van der Waals surface area (Å²) in [7, 11) is 0. The predicted octanol–water partition coefficient (Wildman–Crippen LogP) is 2.53. The maximum absolute atomic E-state index is 12.1. The summed E-state index contributed by atoms with van der Waals surface area (Å²) >= 11 is 0. The van der Waals surface area contributed by atoms with Crippen molar-refractivity contribution in [2.45, 2.75) is 32.7 Å². The van der Waals surface area contributed by atoms with E-state index in [1.807, 2.05) is 30.3 Å². The number of benzene rings is 1. The minimum atomic E-state index is -0.574. The molecule has 0 saturated carbocycles. The molecular formula is C19H19N5O. The Balaban J connectivity index is 2.25. The van der Waals surface area contributed by atoms with Crippen LogP contribution in [0.2, 0.25) is 0 Å². The van der Waals surface area contributed by atoms with Crippen LogP contribution in [0.3, 0.4) is 0 Å². The average molecular weight is 333 g/mol. The molecule has 1 aliphatic heterocycles. The summed E-state index contributed by atoms with van der Waals surface area (Å²) in [5, 5.41) is 18.9. The second-order valence-electron chi connectivity index (χ2n) is 6.45. The van der Waals surface area contributed by atoms with Gasteiger partial charge in [-0.1, -0.05) is 6.07 Å². The molecule has 0 unspecified atom stereocenters. The number of nitrogen functional groups attached to an aromatic ring is 1. The molecule has 6 heteroatoms. The lowest BCUT2D eigenvalue weighted by molar-refractivity contribution is 0.626. The average Bonchev–Trinajstić information content (AvgIpc) is 2.60. The van der Waals surface area contributed by atoms with Gasteiger partial charge in [-0.25, -0.2) is 0 Å². The van der Waals surface area contributed by atoms with Crippen LogP contribution in [-0.4, -0.2) is 17.6 Å². The molecule has 1 aromatic carbocycles. The number of aromatic nitrogens is 1. The van der Waals surface area contributed by atoms with Gasteiger partial charge in [-0.15, -0.1) is 0 Å². The van der Waals surface area contributed by atoms with Crippen molar-refractivity contribution in [1.29, 1.82) is 10.5 Å². The fraction of sp³-hybridized carbons (Fsp3) is 0.316. The molecule has 0 fully saturated rings. The molecule has 6 nitrogen and oxygen atoms in total. The third-order valence-corrected chi connectivity index (χ3v) is 4.61. The van der Waals surface area contributed by atoms with Gasteiger partial charge < -0.3 is 15.6 Å². The van der Waals surface area contributed by atoms with Gasteiger partial charge in [-0.3, -0.25) is 4.79 Å². The van der Waals surface area contributed by atoms with E-state index in [-0.39, 0.29) is 16.9 Å². The molecule has 1 aliphatic rings. The largest absolute Gasteiger partial charge is 0.384 e. The minimum Gasteiger partial charge on any atom is -0.384 e. The van der Waals surface area contributed by atoms with Crippen molar-refractivity contribution in [3.05, 3.63) is 45.2 Å². The van der Waals surface area contributed by atoms with Gasteiger partial charge >= 0.3 is 0 Å². The SMILES string of the molecule is CC(C)N1CCCc2cc(-c3c(C#N)c(N)[nH]c(=O)c3C#N)ccc21. The number of aryl methyl sites for hydroxylation is 1. The van der Waals surface area contributed by atoms with Crippen molar-refractivity contribution in [3.8, 4) is 23.3 Å². The number of H-pyrrole nitrogens is 1. The fourth-order valence-corrected chi connectivity index (χ4v) is 3.45. The summed E-state index contributed by atoms with van der Waals surface area (Å²) < 4.78 is 0. The molecule has 0 bridgehead atoms. The Labute approximate surface area is 146 Å². The van der Waals surface area contributed by atoms with Crippen molar-refractivity contribution >= 4 is 11.5 Å². The molecule has 2 heterocycles. The maximum atomic E-state index is 12.1. The highest BCUT2D eigenvalue weighted by atomic mass is 16.1. The molecule has 126 valence electrons. The Morgan fingerprint density at radius 1 is 1.24 bits per heavy atom. The first-order chi connectivity index (χ1) is 12.0. The third-order valence-electron chi connectivity index (χ3n) is 4.61. The van der Waals surface area contributed by atoms with Gasteiger partial charge in [0, 0.05) is 23.8 Å².